The summed E-state index contributed by atoms with van der Waals surface area (Å²) in [5.74, 6) is 0.958. The predicted octanol–water partition coefficient (Wildman–Crippen LogP) is 4.28. The second-order valence-electron chi connectivity index (χ2n) is 6.08. The van der Waals surface area contributed by atoms with Gasteiger partial charge < -0.3 is 20.5 Å². The number of nitrogens with one attached hydrogen (secondary N) is 2. The van der Waals surface area contributed by atoms with E-state index < -0.39 is 6.61 Å². The molecular weight excluding hydrogens is 366 g/mol. The number of hydrogen-bond donors (Lipinski definition) is 3. The summed E-state index contributed by atoms with van der Waals surface area (Å²) in [6.45, 7) is -1.11. The smallest absolute Gasteiger partial charge is 0.387 e. The molecular formula is C20H20F2N4O2. The van der Waals surface area contributed by atoms with Gasteiger partial charge in [0.25, 0.3) is 0 Å². The maximum atomic E-state index is 12.3. The van der Waals surface area contributed by atoms with Gasteiger partial charge in [-0.05, 0) is 31.2 Å². The van der Waals surface area contributed by atoms with Gasteiger partial charge in [-0.25, -0.2) is 4.98 Å². The lowest BCUT2D eigenvalue weighted by molar-refractivity contribution is -0.0498. The Labute approximate surface area is 161 Å². The summed E-state index contributed by atoms with van der Waals surface area (Å²) in [5, 5.41) is 15.4. The number of ether oxygens (including phenoxy) is 1. The Bertz CT molecular complexity index is 892. The summed E-state index contributed by atoms with van der Waals surface area (Å²) in [5.41, 5.74) is 2.26. The van der Waals surface area contributed by atoms with E-state index in [1.165, 1.54) is 12.1 Å². The second kappa shape index (κ2) is 9.09. The highest BCUT2D eigenvalue weighted by atomic mass is 19.3. The van der Waals surface area contributed by atoms with Crippen LogP contribution in [0.1, 0.15) is 6.92 Å². The number of alkyl halides is 2. The summed E-state index contributed by atoms with van der Waals surface area (Å²) in [6, 6.07) is 17.3. The van der Waals surface area contributed by atoms with Crippen molar-refractivity contribution >= 4 is 17.5 Å². The Morgan fingerprint density at radius 1 is 1.04 bits per heavy atom. The quantitative estimate of drug-likeness (QED) is 0.536. The number of anilines is 3. The van der Waals surface area contributed by atoms with Crippen LogP contribution < -0.4 is 15.4 Å². The molecule has 0 amide bonds. The fourth-order valence-corrected chi connectivity index (χ4v) is 2.47. The fourth-order valence-electron chi connectivity index (χ4n) is 2.47. The molecule has 1 atom stereocenters. The Morgan fingerprint density at radius 3 is 2.39 bits per heavy atom. The van der Waals surface area contributed by atoms with Crippen molar-refractivity contribution in [3.8, 4) is 17.0 Å². The molecule has 0 radical (unpaired) electrons. The van der Waals surface area contributed by atoms with Crippen molar-refractivity contribution in [2.24, 2.45) is 0 Å². The Hall–Kier alpha value is -3.26. The molecule has 3 N–H and O–H groups in total. The highest BCUT2D eigenvalue weighted by Gasteiger charge is 2.10. The Kier molecular flexibility index (Phi) is 6.33. The maximum absolute atomic E-state index is 12.3. The average Bonchev–Trinajstić information content (AvgIpc) is 2.69. The number of aliphatic hydroxyl groups excluding tert-OH is 1. The van der Waals surface area contributed by atoms with E-state index in [4.69, 9.17) is 0 Å². The number of rotatable bonds is 8. The van der Waals surface area contributed by atoms with Gasteiger partial charge in [0.05, 0.1) is 12.3 Å². The van der Waals surface area contributed by atoms with E-state index >= 15 is 0 Å². The van der Waals surface area contributed by atoms with Crippen molar-refractivity contribution in [3.63, 3.8) is 0 Å². The maximum Gasteiger partial charge on any atom is 0.387 e. The molecule has 6 nitrogen and oxygen atoms in total. The van der Waals surface area contributed by atoms with E-state index in [9.17, 15) is 13.9 Å². The van der Waals surface area contributed by atoms with Crippen LogP contribution in [0.4, 0.5) is 26.2 Å². The molecule has 0 saturated carbocycles. The molecule has 2 aromatic carbocycles. The Balaban J connectivity index is 1.87. The first-order valence-corrected chi connectivity index (χ1v) is 8.67. The second-order valence-corrected chi connectivity index (χ2v) is 6.08. The summed E-state index contributed by atoms with van der Waals surface area (Å²) in [4.78, 5) is 8.92. The van der Waals surface area contributed by atoms with Gasteiger partial charge in [0.1, 0.15) is 11.6 Å². The third-order valence-electron chi connectivity index (χ3n) is 3.80. The van der Waals surface area contributed by atoms with Gasteiger partial charge in [0.15, 0.2) is 0 Å². The molecule has 3 aromatic rings. The van der Waals surface area contributed by atoms with Gasteiger partial charge in [-0.1, -0.05) is 30.3 Å². The van der Waals surface area contributed by atoms with Gasteiger partial charge >= 0.3 is 6.61 Å². The van der Waals surface area contributed by atoms with Crippen molar-refractivity contribution in [1.82, 2.24) is 9.97 Å². The molecule has 0 unspecified atom stereocenters. The SMILES string of the molecule is C[C@H](CO)Nc1nc(Nc2ccc(OC(F)F)cc2)cc(-c2ccccc2)n1. The number of aliphatic hydroxyl groups is 1. The van der Waals surface area contributed by atoms with E-state index in [2.05, 4.69) is 25.3 Å². The molecule has 0 aliphatic carbocycles. The summed E-state index contributed by atoms with van der Waals surface area (Å²) in [6.07, 6.45) is 0. The van der Waals surface area contributed by atoms with Gasteiger partial charge in [0, 0.05) is 23.4 Å². The molecule has 0 spiro atoms. The zero-order valence-corrected chi connectivity index (χ0v) is 15.1. The molecule has 0 saturated heterocycles. The summed E-state index contributed by atoms with van der Waals surface area (Å²) in [7, 11) is 0. The van der Waals surface area contributed by atoms with Crippen LogP contribution in [0.15, 0.2) is 60.7 Å². The van der Waals surface area contributed by atoms with Crippen LogP contribution in [0.25, 0.3) is 11.3 Å². The number of halogens is 2. The number of nitrogens with zero attached hydrogens (tertiary/aromatic N) is 2. The Morgan fingerprint density at radius 2 is 1.75 bits per heavy atom. The van der Waals surface area contributed by atoms with Gasteiger partial charge in [-0.15, -0.1) is 0 Å². The first kappa shape index (κ1) is 19.5. The largest absolute Gasteiger partial charge is 0.435 e. The van der Waals surface area contributed by atoms with Crippen molar-refractivity contribution in [2.45, 2.75) is 19.6 Å². The number of benzene rings is 2. The zero-order chi connectivity index (χ0) is 19.9. The van der Waals surface area contributed by atoms with Gasteiger partial charge in [-0.3, -0.25) is 0 Å². The van der Waals surface area contributed by atoms with Crippen molar-refractivity contribution in [1.29, 1.82) is 0 Å². The van der Waals surface area contributed by atoms with Crippen LogP contribution >= 0.6 is 0 Å². The van der Waals surface area contributed by atoms with E-state index in [0.717, 1.165) is 5.56 Å². The third kappa shape index (κ3) is 5.37. The van der Waals surface area contributed by atoms with E-state index in [1.807, 2.05) is 37.3 Å². The van der Waals surface area contributed by atoms with Crippen LogP contribution in [0, 0.1) is 0 Å². The van der Waals surface area contributed by atoms with Crippen LogP contribution in [-0.2, 0) is 0 Å². The molecule has 1 heterocycles. The van der Waals surface area contributed by atoms with Crippen molar-refractivity contribution < 1.29 is 18.6 Å². The van der Waals surface area contributed by atoms with E-state index in [1.54, 1.807) is 18.2 Å². The normalized spacial score (nSPS) is 11.9. The topological polar surface area (TPSA) is 79.3 Å². The average molecular weight is 386 g/mol. The standard InChI is InChI=1S/C20H20F2N4O2/c1-13(12-27)23-20-25-17(14-5-3-2-4-6-14)11-18(26-20)24-15-7-9-16(10-8-15)28-19(21)22/h2-11,13,19,27H,12H2,1H3,(H2,23,24,25,26)/t13-/m1/s1. The molecule has 0 fully saturated rings. The monoisotopic (exact) mass is 386 g/mol. The van der Waals surface area contributed by atoms with E-state index in [-0.39, 0.29) is 18.4 Å². The first-order valence-electron chi connectivity index (χ1n) is 8.67. The zero-order valence-electron chi connectivity index (χ0n) is 15.1. The fraction of sp³-hybridized carbons (Fsp3) is 0.200. The van der Waals surface area contributed by atoms with Crippen LogP contribution in [-0.4, -0.2) is 34.3 Å². The van der Waals surface area contributed by atoms with E-state index in [0.29, 0.717) is 23.1 Å². The molecule has 8 heteroatoms. The van der Waals surface area contributed by atoms with Gasteiger partial charge in [0.2, 0.25) is 5.95 Å². The summed E-state index contributed by atoms with van der Waals surface area (Å²) < 4.78 is 28.9. The molecule has 1 aromatic heterocycles. The molecule has 0 aliphatic rings. The molecule has 0 aliphatic heterocycles. The van der Waals surface area contributed by atoms with Gasteiger partial charge in [-0.2, -0.15) is 13.8 Å². The molecule has 0 bridgehead atoms. The minimum atomic E-state index is -2.86. The van der Waals surface area contributed by atoms with Crippen molar-refractivity contribution in [3.05, 3.63) is 60.7 Å². The highest BCUT2D eigenvalue weighted by molar-refractivity contribution is 5.67. The first-order chi connectivity index (χ1) is 13.5. The lowest BCUT2D eigenvalue weighted by Crippen LogP contribution is -2.21. The van der Waals surface area contributed by atoms with Crippen LogP contribution in [0.3, 0.4) is 0 Å². The lowest BCUT2D eigenvalue weighted by Gasteiger charge is -2.14. The number of aromatic nitrogens is 2. The highest BCUT2D eigenvalue weighted by Crippen LogP contribution is 2.25. The molecule has 3 rings (SSSR count). The lowest BCUT2D eigenvalue weighted by atomic mass is 10.1. The minimum absolute atomic E-state index is 0.0622. The predicted molar refractivity (Wildman–Crippen MR) is 104 cm³/mol. The molecule has 146 valence electrons. The summed E-state index contributed by atoms with van der Waals surface area (Å²) >= 11 is 0. The molecule has 28 heavy (non-hydrogen) atoms. The minimum Gasteiger partial charge on any atom is -0.435 e. The number of hydrogen-bond acceptors (Lipinski definition) is 6. The van der Waals surface area contributed by atoms with Crippen molar-refractivity contribution in [2.75, 3.05) is 17.2 Å². The third-order valence-corrected chi connectivity index (χ3v) is 3.80. The van der Waals surface area contributed by atoms with Crippen LogP contribution in [0.5, 0.6) is 5.75 Å². The van der Waals surface area contributed by atoms with Crippen LogP contribution in [0.2, 0.25) is 0 Å².